The van der Waals surface area contributed by atoms with E-state index in [0.717, 1.165) is 0 Å². The summed E-state index contributed by atoms with van der Waals surface area (Å²) in [6.07, 6.45) is 0.201. The highest BCUT2D eigenvalue weighted by molar-refractivity contribution is 5.83. The van der Waals surface area contributed by atoms with Gasteiger partial charge in [-0.1, -0.05) is 6.07 Å². The lowest BCUT2D eigenvalue weighted by Gasteiger charge is -2.40. The standard InChI is InChI=1S/C17H22FNO5/c1-12(24-14-6-3-5-13(18)9-14)15(20)19-8-4-7-17(10-19,11-23-2)16(21)22/h3,5-6,9,12H,4,7-8,10-11H2,1-2H3,(H,21,22). The largest absolute Gasteiger partial charge is 0.481 e. The van der Waals surface area contributed by atoms with Crippen LogP contribution < -0.4 is 4.74 Å². The van der Waals surface area contributed by atoms with Gasteiger partial charge in [-0.15, -0.1) is 0 Å². The first kappa shape index (κ1) is 18.2. The van der Waals surface area contributed by atoms with E-state index in [1.165, 1.54) is 30.2 Å². The van der Waals surface area contributed by atoms with Crippen molar-refractivity contribution in [1.82, 2.24) is 4.90 Å². The van der Waals surface area contributed by atoms with E-state index in [1.807, 2.05) is 0 Å². The molecule has 1 aliphatic heterocycles. The van der Waals surface area contributed by atoms with E-state index in [2.05, 4.69) is 0 Å². The van der Waals surface area contributed by atoms with Crippen LogP contribution in [0.5, 0.6) is 5.75 Å². The first-order chi connectivity index (χ1) is 11.4. The van der Waals surface area contributed by atoms with Gasteiger partial charge in [0.15, 0.2) is 6.10 Å². The molecule has 1 N–H and O–H groups in total. The zero-order valence-electron chi connectivity index (χ0n) is 13.8. The van der Waals surface area contributed by atoms with Crippen LogP contribution in [0.25, 0.3) is 0 Å². The first-order valence-corrected chi connectivity index (χ1v) is 7.81. The van der Waals surface area contributed by atoms with Gasteiger partial charge in [-0.2, -0.15) is 0 Å². The van der Waals surface area contributed by atoms with Crippen LogP contribution in [-0.2, 0) is 14.3 Å². The van der Waals surface area contributed by atoms with Crippen LogP contribution in [-0.4, -0.2) is 54.8 Å². The van der Waals surface area contributed by atoms with Crippen molar-refractivity contribution in [3.05, 3.63) is 30.1 Å². The van der Waals surface area contributed by atoms with Crippen LogP contribution in [0, 0.1) is 11.2 Å². The van der Waals surface area contributed by atoms with Gasteiger partial charge in [-0.3, -0.25) is 9.59 Å². The van der Waals surface area contributed by atoms with Gasteiger partial charge >= 0.3 is 5.97 Å². The van der Waals surface area contributed by atoms with Crippen LogP contribution in [0.4, 0.5) is 4.39 Å². The topological polar surface area (TPSA) is 76.1 Å². The number of carboxylic acid groups (broad SMARTS) is 1. The van der Waals surface area contributed by atoms with Gasteiger partial charge in [0.05, 0.1) is 6.61 Å². The maximum absolute atomic E-state index is 13.2. The SMILES string of the molecule is COCC1(C(=O)O)CCCN(C(=O)C(C)Oc2cccc(F)c2)C1. The lowest BCUT2D eigenvalue weighted by molar-refractivity contribution is -0.160. The number of benzene rings is 1. The quantitative estimate of drug-likeness (QED) is 0.857. The normalized spacial score (nSPS) is 22.0. The highest BCUT2D eigenvalue weighted by Crippen LogP contribution is 2.31. The summed E-state index contributed by atoms with van der Waals surface area (Å²) in [6.45, 7) is 2.16. The first-order valence-electron chi connectivity index (χ1n) is 7.81. The van der Waals surface area contributed by atoms with E-state index in [1.54, 1.807) is 13.0 Å². The number of methoxy groups -OCH3 is 1. The minimum Gasteiger partial charge on any atom is -0.481 e. The molecule has 1 aromatic rings. The average molecular weight is 339 g/mol. The molecule has 0 bridgehead atoms. The molecule has 2 atom stereocenters. The minimum atomic E-state index is -1.10. The van der Waals surface area contributed by atoms with Crippen molar-refractivity contribution in [3.63, 3.8) is 0 Å². The van der Waals surface area contributed by atoms with E-state index in [4.69, 9.17) is 9.47 Å². The fraction of sp³-hybridized carbons (Fsp3) is 0.529. The molecule has 1 heterocycles. The number of carbonyl (C=O) groups excluding carboxylic acids is 1. The molecule has 0 aromatic heterocycles. The highest BCUT2D eigenvalue weighted by atomic mass is 19.1. The predicted octanol–water partition coefficient (Wildman–Crippen LogP) is 1.93. The Morgan fingerprint density at radius 2 is 2.21 bits per heavy atom. The monoisotopic (exact) mass is 339 g/mol. The molecule has 1 aromatic carbocycles. The summed E-state index contributed by atoms with van der Waals surface area (Å²) in [4.78, 5) is 25.7. The number of hydrogen-bond donors (Lipinski definition) is 1. The predicted molar refractivity (Wildman–Crippen MR) is 84.2 cm³/mol. The molecule has 2 unspecified atom stereocenters. The maximum atomic E-state index is 13.2. The summed E-state index contributed by atoms with van der Waals surface area (Å²) >= 11 is 0. The van der Waals surface area contributed by atoms with Gasteiger partial charge in [-0.25, -0.2) is 4.39 Å². The second-order valence-electron chi connectivity index (χ2n) is 6.10. The molecule has 1 aliphatic rings. The number of hydrogen-bond acceptors (Lipinski definition) is 4. The lowest BCUT2D eigenvalue weighted by Crippen LogP contribution is -2.54. The molecule has 2 rings (SSSR count). The number of carboxylic acids is 1. The Labute approximate surface area is 140 Å². The van der Waals surface area contributed by atoms with Crippen LogP contribution in [0.3, 0.4) is 0 Å². The Bertz CT molecular complexity index is 604. The van der Waals surface area contributed by atoms with Crippen molar-refractivity contribution >= 4 is 11.9 Å². The zero-order chi connectivity index (χ0) is 17.7. The number of nitrogens with zero attached hydrogens (tertiary/aromatic N) is 1. The maximum Gasteiger partial charge on any atom is 0.313 e. The van der Waals surface area contributed by atoms with Gasteiger partial charge in [0, 0.05) is 26.3 Å². The Hall–Kier alpha value is -2.15. The number of carbonyl (C=O) groups is 2. The lowest BCUT2D eigenvalue weighted by atomic mass is 9.80. The number of halogens is 1. The van der Waals surface area contributed by atoms with Crippen molar-refractivity contribution < 1.29 is 28.6 Å². The van der Waals surface area contributed by atoms with Crippen LogP contribution >= 0.6 is 0 Å². The Balaban J connectivity index is 2.06. The zero-order valence-corrected chi connectivity index (χ0v) is 13.8. The Kier molecular flexibility index (Phi) is 5.77. The molecule has 1 saturated heterocycles. The second-order valence-corrected chi connectivity index (χ2v) is 6.10. The molecule has 0 radical (unpaired) electrons. The Morgan fingerprint density at radius 3 is 2.83 bits per heavy atom. The number of likely N-dealkylation sites (tertiary alicyclic amines) is 1. The van der Waals surface area contributed by atoms with Gasteiger partial charge < -0.3 is 19.5 Å². The number of ether oxygens (including phenoxy) is 2. The summed E-state index contributed by atoms with van der Waals surface area (Å²) in [7, 11) is 1.45. The van der Waals surface area contributed by atoms with E-state index in [9.17, 15) is 19.1 Å². The molecule has 0 spiro atoms. The van der Waals surface area contributed by atoms with Crippen LogP contribution in [0.1, 0.15) is 19.8 Å². The van der Waals surface area contributed by atoms with Crippen molar-refractivity contribution in [2.75, 3.05) is 26.8 Å². The number of amides is 1. The fourth-order valence-corrected chi connectivity index (χ4v) is 3.00. The fourth-order valence-electron chi connectivity index (χ4n) is 3.00. The molecule has 132 valence electrons. The third kappa shape index (κ3) is 4.03. The summed E-state index contributed by atoms with van der Waals surface area (Å²) < 4.78 is 23.7. The summed E-state index contributed by atoms with van der Waals surface area (Å²) in [6, 6.07) is 5.55. The van der Waals surface area contributed by atoms with E-state index in [-0.39, 0.29) is 24.8 Å². The molecule has 0 saturated carbocycles. The summed E-state index contributed by atoms with van der Waals surface area (Å²) in [5.74, 6) is -1.48. The van der Waals surface area contributed by atoms with Crippen LogP contribution in [0.2, 0.25) is 0 Å². The molecule has 6 nitrogen and oxygen atoms in total. The minimum absolute atomic E-state index is 0.0469. The molecule has 7 heteroatoms. The van der Waals surface area contributed by atoms with Gasteiger partial charge in [0.2, 0.25) is 0 Å². The van der Waals surface area contributed by atoms with Crippen molar-refractivity contribution in [2.45, 2.75) is 25.9 Å². The average Bonchev–Trinajstić information content (AvgIpc) is 2.54. The smallest absolute Gasteiger partial charge is 0.313 e. The number of piperidine rings is 1. The van der Waals surface area contributed by atoms with Gasteiger partial charge in [0.1, 0.15) is 17.0 Å². The van der Waals surface area contributed by atoms with E-state index in [0.29, 0.717) is 19.4 Å². The summed E-state index contributed by atoms with van der Waals surface area (Å²) in [5, 5.41) is 9.53. The van der Waals surface area contributed by atoms with E-state index >= 15 is 0 Å². The van der Waals surface area contributed by atoms with Gasteiger partial charge in [-0.05, 0) is 31.9 Å². The molecule has 24 heavy (non-hydrogen) atoms. The second kappa shape index (κ2) is 7.61. The molecular weight excluding hydrogens is 317 g/mol. The van der Waals surface area contributed by atoms with Crippen LogP contribution in [0.15, 0.2) is 24.3 Å². The third-order valence-corrected chi connectivity index (χ3v) is 4.22. The molecule has 1 amide bonds. The number of aliphatic carboxylic acids is 1. The third-order valence-electron chi connectivity index (χ3n) is 4.22. The Morgan fingerprint density at radius 1 is 1.46 bits per heavy atom. The van der Waals surface area contributed by atoms with Crippen molar-refractivity contribution in [3.8, 4) is 5.75 Å². The molecule has 1 fully saturated rings. The van der Waals surface area contributed by atoms with Crippen molar-refractivity contribution in [1.29, 1.82) is 0 Å². The summed E-state index contributed by atoms with van der Waals surface area (Å²) in [5.41, 5.74) is -1.10. The highest BCUT2D eigenvalue weighted by Gasteiger charge is 2.44. The van der Waals surface area contributed by atoms with Gasteiger partial charge in [0.25, 0.3) is 5.91 Å². The van der Waals surface area contributed by atoms with E-state index < -0.39 is 23.3 Å². The molecule has 0 aliphatic carbocycles. The molecular formula is C17H22FNO5. The number of rotatable bonds is 6. The van der Waals surface area contributed by atoms with Crippen molar-refractivity contribution in [2.24, 2.45) is 5.41 Å².